The molecule has 0 atom stereocenters. The zero-order valence-electron chi connectivity index (χ0n) is 19.4. The summed E-state index contributed by atoms with van der Waals surface area (Å²) < 4.78 is 5.73. The number of benzene rings is 2. The molecule has 32 heavy (non-hydrogen) atoms. The van der Waals surface area contributed by atoms with Crippen molar-refractivity contribution in [3.8, 4) is 5.75 Å². The van der Waals surface area contributed by atoms with E-state index in [9.17, 15) is 9.59 Å². The molecule has 2 aromatic rings. The lowest BCUT2D eigenvalue weighted by atomic mass is 9.81. The van der Waals surface area contributed by atoms with Crippen molar-refractivity contribution in [1.29, 1.82) is 0 Å². The first-order valence-electron chi connectivity index (χ1n) is 11.2. The first-order valence-corrected chi connectivity index (χ1v) is 11.2. The number of ether oxygens (including phenoxy) is 1. The highest BCUT2D eigenvalue weighted by molar-refractivity contribution is 5.68. The third kappa shape index (κ3) is 7.01. The van der Waals surface area contributed by atoms with Gasteiger partial charge in [0.05, 0.1) is 0 Å². The summed E-state index contributed by atoms with van der Waals surface area (Å²) in [5.74, 6) is 0.431. The number of carbonyl (C=O) groups excluding carboxylic acids is 2. The highest BCUT2D eigenvalue weighted by Crippen LogP contribution is 2.36. The van der Waals surface area contributed by atoms with Crippen LogP contribution in [0.1, 0.15) is 70.4 Å². The lowest BCUT2D eigenvalue weighted by molar-refractivity contribution is -0.210. The summed E-state index contributed by atoms with van der Waals surface area (Å²) in [6.07, 6.45) is 3.56. The Hall–Kier alpha value is -3.02. The molecule has 0 N–H and O–H groups in total. The standard InChI is InChI=1S/C26H33NO5/c1-19(28)31-32-24-16-12-22(13-17-24)21-10-14-23(15-11-21)27(25(29)30-26(2,3)4)18-20-8-6-5-7-9-20/h5-9,12-13,16-17,21,23H,10-11,14-15,18H2,1-4H3. The summed E-state index contributed by atoms with van der Waals surface area (Å²) >= 11 is 0. The first kappa shape index (κ1) is 23.6. The molecule has 0 radical (unpaired) electrons. The van der Waals surface area contributed by atoms with Gasteiger partial charge in [0.15, 0.2) is 5.75 Å². The van der Waals surface area contributed by atoms with Crippen molar-refractivity contribution >= 4 is 12.1 Å². The molecule has 0 saturated heterocycles. The first-order chi connectivity index (χ1) is 15.2. The van der Waals surface area contributed by atoms with Crippen molar-refractivity contribution < 1.29 is 24.1 Å². The molecule has 2 aromatic carbocycles. The van der Waals surface area contributed by atoms with Gasteiger partial charge in [0.25, 0.3) is 0 Å². The topological polar surface area (TPSA) is 65.1 Å². The molecular formula is C26H33NO5. The van der Waals surface area contributed by atoms with Gasteiger partial charge in [0.2, 0.25) is 0 Å². The molecule has 1 amide bonds. The molecule has 0 spiro atoms. The number of hydrogen-bond acceptors (Lipinski definition) is 5. The number of amides is 1. The van der Waals surface area contributed by atoms with E-state index >= 15 is 0 Å². The average Bonchev–Trinajstić information content (AvgIpc) is 2.76. The van der Waals surface area contributed by atoms with Gasteiger partial charge < -0.3 is 9.64 Å². The van der Waals surface area contributed by atoms with Crippen molar-refractivity contribution in [2.75, 3.05) is 0 Å². The fourth-order valence-electron chi connectivity index (χ4n) is 4.07. The van der Waals surface area contributed by atoms with Crippen molar-refractivity contribution in [2.45, 2.75) is 77.5 Å². The van der Waals surface area contributed by atoms with Crippen molar-refractivity contribution in [3.63, 3.8) is 0 Å². The van der Waals surface area contributed by atoms with Gasteiger partial charge in [-0.2, -0.15) is 0 Å². The summed E-state index contributed by atoms with van der Waals surface area (Å²) in [4.78, 5) is 35.3. The minimum atomic E-state index is -0.529. The molecule has 1 aliphatic rings. The van der Waals surface area contributed by atoms with Crippen molar-refractivity contribution in [2.24, 2.45) is 0 Å². The second kappa shape index (κ2) is 10.5. The Morgan fingerprint density at radius 2 is 1.56 bits per heavy atom. The molecule has 0 aromatic heterocycles. The van der Waals surface area contributed by atoms with Crippen LogP contribution >= 0.6 is 0 Å². The molecular weight excluding hydrogens is 406 g/mol. The van der Waals surface area contributed by atoms with Gasteiger partial charge in [-0.15, -0.1) is 0 Å². The van der Waals surface area contributed by atoms with Crippen LogP contribution in [0, 0.1) is 0 Å². The third-order valence-corrected chi connectivity index (χ3v) is 5.57. The maximum absolute atomic E-state index is 13.0. The fourth-order valence-corrected chi connectivity index (χ4v) is 4.07. The van der Waals surface area contributed by atoms with Crippen LogP contribution in [0.5, 0.6) is 5.75 Å². The predicted octanol–water partition coefficient (Wildman–Crippen LogP) is 6.01. The Balaban J connectivity index is 1.63. The zero-order chi connectivity index (χ0) is 23.1. The van der Waals surface area contributed by atoms with Crippen LogP contribution in [-0.2, 0) is 21.0 Å². The molecule has 1 fully saturated rings. The van der Waals surface area contributed by atoms with Gasteiger partial charge in [-0.05, 0) is 75.6 Å². The quantitative estimate of drug-likeness (QED) is 0.407. The maximum atomic E-state index is 13.0. The third-order valence-electron chi connectivity index (χ3n) is 5.57. The lowest BCUT2D eigenvalue weighted by Crippen LogP contribution is -2.44. The Bertz CT molecular complexity index is 881. The molecule has 1 saturated carbocycles. The number of carbonyl (C=O) groups is 2. The van der Waals surface area contributed by atoms with Crippen LogP contribution in [-0.4, -0.2) is 28.6 Å². The number of hydrogen-bond donors (Lipinski definition) is 0. The van der Waals surface area contributed by atoms with Crippen LogP contribution in [0.15, 0.2) is 54.6 Å². The second-order valence-electron chi connectivity index (χ2n) is 9.33. The van der Waals surface area contributed by atoms with Gasteiger partial charge in [-0.3, -0.25) is 9.78 Å². The van der Waals surface area contributed by atoms with Crippen LogP contribution in [0.3, 0.4) is 0 Å². The molecule has 172 valence electrons. The van der Waals surface area contributed by atoms with E-state index in [4.69, 9.17) is 9.62 Å². The van der Waals surface area contributed by atoms with Gasteiger partial charge in [-0.25, -0.2) is 9.59 Å². The van der Waals surface area contributed by atoms with Crippen LogP contribution in [0.4, 0.5) is 4.79 Å². The molecule has 0 aliphatic heterocycles. The highest BCUT2D eigenvalue weighted by Gasteiger charge is 2.32. The van der Waals surface area contributed by atoms with E-state index in [2.05, 4.69) is 4.89 Å². The second-order valence-corrected chi connectivity index (χ2v) is 9.33. The normalized spacial score (nSPS) is 18.5. The van der Waals surface area contributed by atoms with E-state index in [1.807, 2.05) is 80.3 Å². The molecule has 0 heterocycles. The van der Waals surface area contributed by atoms with E-state index in [0.29, 0.717) is 18.2 Å². The largest absolute Gasteiger partial charge is 0.444 e. The van der Waals surface area contributed by atoms with Crippen molar-refractivity contribution in [3.05, 3.63) is 65.7 Å². The maximum Gasteiger partial charge on any atom is 0.410 e. The number of rotatable bonds is 6. The van der Waals surface area contributed by atoms with E-state index in [1.165, 1.54) is 12.5 Å². The summed E-state index contributed by atoms with van der Waals surface area (Å²) in [5, 5.41) is 0. The van der Waals surface area contributed by atoms with Crippen LogP contribution < -0.4 is 4.89 Å². The number of nitrogens with zero attached hydrogens (tertiary/aromatic N) is 1. The summed E-state index contributed by atoms with van der Waals surface area (Å²) in [5.41, 5.74) is 1.80. The van der Waals surface area contributed by atoms with Crippen molar-refractivity contribution in [1.82, 2.24) is 4.90 Å². The van der Waals surface area contributed by atoms with Crippen LogP contribution in [0.25, 0.3) is 0 Å². The fraction of sp³-hybridized carbons (Fsp3) is 0.462. The summed E-state index contributed by atoms with van der Waals surface area (Å²) in [7, 11) is 0. The Labute approximate surface area is 190 Å². The van der Waals surface area contributed by atoms with Gasteiger partial charge in [-0.1, -0.05) is 42.5 Å². The summed E-state index contributed by atoms with van der Waals surface area (Å²) in [6, 6.07) is 17.9. The SMILES string of the molecule is CC(=O)OOc1ccc(C2CCC(N(Cc3ccccc3)C(=O)OC(C)(C)C)CC2)cc1. The monoisotopic (exact) mass is 439 g/mol. The van der Waals surface area contributed by atoms with E-state index < -0.39 is 11.6 Å². The van der Waals surface area contributed by atoms with E-state index in [1.54, 1.807) is 0 Å². The molecule has 6 nitrogen and oxygen atoms in total. The zero-order valence-corrected chi connectivity index (χ0v) is 19.4. The van der Waals surface area contributed by atoms with Gasteiger partial charge in [0, 0.05) is 19.5 Å². The van der Waals surface area contributed by atoms with Gasteiger partial charge in [0.1, 0.15) is 5.60 Å². The molecule has 6 heteroatoms. The lowest BCUT2D eigenvalue weighted by Gasteiger charge is -2.38. The Morgan fingerprint density at radius 1 is 0.938 bits per heavy atom. The molecule has 0 bridgehead atoms. The minimum absolute atomic E-state index is 0.146. The van der Waals surface area contributed by atoms with E-state index in [-0.39, 0.29) is 12.1 Å². The van der Waals surface area contributed by atoms with Crippen LogP contribution in [0.2, 0.25) is 0 Å². The molecule has 0 unspecified atom stereocenters. The minimum Gasteiger partial charge on any atom is -0.444 e. The smallest absolute Gasteiger partial charge is 0.410 e. The Kier molecular flexibility index (Phi) is 7.78. The Morgan fingerprint density at radius 3 is 2.12 bits per heavy atom. The van der Waals surface area contributed by atoms with Gasteiger partial charge >= 0.3 is 12.1 Å². The highest BCUT2D eigenvalue weighted by atomic mass is 17.2. The van der Waals surface area contributed by atoms with E-state index in [0.717, 1.165) is 31.2 Å². The molecule has 1 aliphatic carbocycles. The predicted molar refractivity (Wildman–Crippen MR) is 122 cm³/mol. The average molecular weight is 440 g/mol. The summed E-state index contributed by atoms with van der Waals surface area (Å²) in [6.45, 7) is 7.55. The molecule has 3 rings (SSSR count).